The van der Waals surface area contributed by atoms with Gasteiger partial charge in [-0.2, -0.15) is 5.10 Å². The van der Waals surface area contributed by atoms with Crippen molar-refractivity contribution in [1.82, 2.24) is 14.8 Å². The predicted molar refractivity (Wildman–Crippen MR) is 73.7 cm³/mol. The van der Waals surface area contributed by atoms with Gasteiger partial charge in [-0.05, 0) is 24.6 Å². The molecule has 0 aliphatic carbocycles. The first-order valence-corrected chi connectivity index (χ1v) is 6.18. The molecule has 0 aliphatic rings. The van der Waals surface area contributed by atoms with Crippen LogP contribution in [0.15, 0.2) is 42.7 Å². The number of nitrogens with zero attached hydrogens (tertiary/aromatic N) is 3. The molecule has 0 aliphatic heterocycles. The second kappa shape index (κ2) is 4.48. The van der Waals surface area contributed by atoms with Crippen LogP contribution in [-0.2, 0) is 7.05 Å². The largest absolute Gasteiger partial charge is 0.384 e. The molecular weight excluding hydrogens is 238 g/mol. The topological polar surface area (TPSA) is 50.9 Å². The van der Waals surface area contributed by atoms with E-state index < -0.39 is 6.10 Å². The smallest absolute Gasteiger partial charge is 0.108 e. The average molecular weight is 253 g/mol. The van der Waals surface area contributed by atoms with Gasteiger partial charge in [0.25, 0.3) is 0 Å². The first-order chi connectivity index (χ1) is 9.16. The van der Waals surface area contributed by atoms with Crippen LogP contribution >= 0.6 is 0 Å². The van der Waals surface area contributed by atoms with E-state index >= 15 is 0 Å². The highest BCUT2D eigenvalue weighted by Crippen LogP contribution is 2.29. The van der Waals surface area contributed by atoms with E-state index in [1.165, 1.54) is 0 Å². The van der Waals surface area contributed by atoms with Crippen molar-refractivity contribution in [2.75, 3.05) is 0 Å². The lowest BCUT2D eigenvalue weighted by Crippen LogP contribution is -2.01. The van der Waals surface area contributed by atoms with Crippen LogP contribution < -0.4 is 0 Å². The molecule has 0 bridgehead atoms. The summed E-state index contributed by atoms with van der Waals surface area (Å²) in [4.78, 5) is 4.31. The molecule has 1 N–H and O–H groups in total. The monoisotopic (exact) mass is 253 g/mol. The summed E-state index contributed by atoms with van der Waals surface area (Å²) < 4.78 is 1.72. The lowest BCUT2D eigenvalue weighted by atomic mass is 9.98. The second-order valence-electron chi connectivity index (χ2n) is 4.66. The van der Waals surface area contributed by atoms with E-state index in [0.717, 1.165) is 27.7 Å². The zero-order valence-corrected chi connectivity index (χ0v) is 10.9. The SMILES string of the molecule is Cc1nn(C)cc1C(O)c1cccc2ncccc12. The van der Waals surface area contributed by atoms with Gasteiger partial charge in [-0.3, -0.25) is 9.67 Å². The first-order valence-electron chi connectivity index (χ1n) is 6.18. The number of fused-ring (bicyclic) bond motifs is 1. The van der Waals surface area contributed by atoms with Crippen LogP contribution in [0.5, 0.6) is 0 Å². The van der Waals surface area contributed by atoms with Crippen LogP contribution in [-0.4, -0.2) is 19.9 Å². The minimum Gasteiger partial charge on any atom is -0.384 e. The standard InChI is InChI=1S/C15H15N3O/c1-10-13(9-18(2)17-10)15(19)12-5-3-7-14-11(12)6-4-8-16-14/h3-9,15,19H,1-2H3. The highest BCUT2D eigenvalue weighted by molar-refractivity contribution is 5.82. The zero-order valence-electron chi connectivity index (χ0n) is 10.9. The summed E-state index contributed by atoms with van der Waals surface area (Å²) in [6.07, 6.45) is 2.94. The molecule has 0 saturated carbocycles. The van der Waals surface area contributed by atoms with Crippen LogP contribution in [0.3, 0.4) is 0 Å². The Morgan fingerprint density at radius 2 is 2.00 bits per heavy atom. The van der Waals surface area contributed by atoms with Gasteiger partial charge in [0, 0.05) is 30.4 Å². The lowest BCUT2D eigenvalue weighted by molar-refractivity contribution is 0.221. The third-order valence-corrected chi connectivity index (χ3v) is 3.32. The maximum atomic E-state index is 10.6. The van der Waals surface area contributed by atoms with E-state index in [1.807, 2.05) is 50.5 Å². The summed E-state index contributed by atoms with van der Waals surface area (Å²) in [5.74, 6) is 0. The number of pyridine rings is 1. The number of aliphatic hydroxyl groups excluding tert-OH is 1. The average Bonchev–Trinajstić information content (AvgIpc) is 2.76. The van der Waals surface area contributed by atoms with Crippen LogP contribution in [0, 0.1) is 6.92 Å². The lowest BCUT2D eigenvalue weighted by Gasteiger charge is -2.12. The van der Waals surface area contributed by atoms with Crippen LogP contribution in [0.4, 0.5) is 0 Å². The van der Waals surface area contributed by atoms with Gasteiger partial charge in [-0.15, -0.1) is 0 Å². The maximum absolute atomic E-state index is 10.6. The summed E-state index contributed by atoms with van der Waals surface area (Å²) in [5.41, 5.74) is 3.43. The number of aliphatic hydroxyl groups is 1. The van der Waals surface area contributed by atoms with Gasteiger partial charge in [-0.25, -0.2) is 0 Å². The third-order valence-electron chi connectivity index (χ3n) is 3.32. The van der Waals surface area contributed by atoms with Gasteiger partial charge in [0.15, 0.2) is 0 Å². The molecule has 1 unspecified atom stereocenters. The van der Waals surface area contributed by atoms with Gasteiger partial charge in [0.05, 0.1) is 11.2 Å². The fraction of sp³-hybridized carbons (Fsp3) is 0.200. The molecule has 0 fully saturated rings. The molecular formula is C15H15N3O. The molecule has 96 valence electrons. The summed E-state index contributed by atoms with van der Waals surface area (Å²) in [5, 5.41) is 15.9. The molecule has 4 heteroatoms. The molecule has 1 aromatic carbocycles. The van der Waals surface area contributed by atoms with Crippen LogP contribution in [0.25, 0.3) is 10.9 Å². The van der Waals surface area contributed by atoms with Crippen molar-refractivity contribution in [3.8, 4) is 0 Å². The number of aryl methyl sites for hydroxylation is 2. The molecule has 0 amide bonds. The fourth-order valence-corrected chi connectivity index (χ4v) is 2.42. The molecule has 4 nitrogen and oxygen atoms in total. The van der Waals surface area contributed by atoms with E-state index in [-0.39, 0.29) is 0 Å². The quantitative estimate of drug-likeness (QED) is 0.762. The van der Waals surface area contributed by atoms with Gasteiger partial charge in [0.2, 0.25) is 0 Å². The summed E-state index contributed by atoms with van der Waals surface area (Å²) in [6, 6.07) is 9.66. The minimum atomic E-state index is -0.679. The molecule has 1 atom stereocenters. The van der Waals surface area contributed by atoms with E-state index in [9.17, 15) is 5.11 Å². The van der Waals surface area contributed by atoms with E-state index in [4.69, 9.17) is 0 Å². The summed E-state index contributed by atoms with van der Waals surface area (Å²) >= 11 is 0. The maximum Gasteiger partial charge on any atom is 0.108 e. The molecule has 19 heavy (non-hydrogen) atoms. The molecule has 2 aromatic heterocycles. The van der Waals surface area contributed by atoms with Crippen LogP contribution in [0.2, 0.25) is 0 Å². The molecule has 0 radical (unpaired) electrons. The third kappa shape index (κ3) is 2.00. The Hall–Kier alpha value is -2.20. The van der Waals surface area contributed by atoms with E-state index in [0.29, 0.717) is 0 Å². The summed E-state index contributed by atoms with van der Waals surface area (Å²) in [6.45, 7) is 1.90. The van der Waals surface area contributed by atoms with Crippen molar-refractivity contribution in [3.05, 3.63) is 59.5 Å². The Kier molecular flexibility index (Phi) is 2.80. The molecule has 3 aromatic rings. The number of hydrogen-bond donors (Lipinski definition) is 1. The number of hydrogen-bond acceptors (Lipinski definition) is 3. The molecule has 0 saturated heterocycles. The van der Waals surface area contributed by atoms with Gasteiger partial charge in [-0.1, -0.05) is 18.2 Å². The number of aromatic nitrogens is 3. The molecule has 0 spiro atoms. The van der Waals surface area contributed by atoms with Crippen LogP contribution in [0.1, 0.15) is 22.9 Å². The Labute approximate surface area is 111 Å². The zero-order chi connectivity index (χ0) is 13.4. The van der Waals surface area contributed by atoms with Gasteiger partial charge >= 0.3 is 0 Å². The van der Waals surface area contributed by atoms with Crippen molar-refractivity contribution in [1.29, 1.82) is 0 Å². The normalized spacial score (nSPS) is 12.8. The summed E-state index contributed by atoms with van der Waals surface area (Å²) in [7, 11) is 1.86. The Morgan fingerprint density at radius 3 is 2.74 bits per heavy atom. The highest BCUT2D eigenvalue weighted by atomic mass is 16.3. The molecule has 2 heterocycles. The Bertz CT molecular complexity index is 728. The first kappa shape index (κ1) is 11.9. The van der Waals surface area contributed by atoms with Crippen molar-refractivity contribution in [2.45, 2.75) is 13.0 Å². The number of benzene rings is 1. The highest BCUT2D eigenvalue weighted by Gasteiger charge is 2.17. The number of rotatable bonds is 2. The predicted octanol–water partition coefficient (Wildman–Crippen LogP) is 2.36. The van der Waals surface area contributed by atoms with E-state index in [1.54, 1.807) is 10.9 Å². The Morgan fingerprint density at radius 1 is 1.16 bits per heavy atom. The van der Waals surface area contributed by atoms with E-state index in [2.05, 4.69) is 10.1 Å². The molecule has 3 rings (SSSR count). The van der Waals surface area contributed by atoms with Gasteiger partial charge < -0.3 is 5.11 Å². The Balaban J connectivity index is 2.16. The van der Waals surface area contributed by atoms with Crippen molar-refractivity contribution < 1.29 is 5.11 Å². The van der Waals surface area contributed by atoms with Crippen molar-refractivity contribution >= 4 is 10.9 Å². The van der Waals surface area contributed by atoms with Crippen molar-refractivity contribution in [3.63, 3.8) is 0 Å². The second-order valence-corrected chi connectivity index (χ2v) is 4.66. The minimum absolute atomic E-state index is 0.679. The fourth-order valence-electron chi connectivity index (χ4n) is 2.42. The van der Waals surface area contributed by atoms with Gasteiger partial charge in [0.1, 0.15) is 6.10 Å². The van der Waals surface area contributed by atoms with Crippen molar-refractivity contribution in [2.24, 2.45) is 7.05 Å².